The van der Waals surface area contributed by atoms with E-state index in [9.17, 15) is 15.0 Å². The lowest BCUT2D eigenvalue weighted by molar-refractivity contribution is -0.107. The molecule has 4 aromatic carbocycles. The number of hydrogen-bond acceptors (Lipinski definition) is 3. The summed E-state index contributed by atoms with van der Waals surface area (Å²) in [6.45, 7) is 1.81. The van der Waals surface area contributed by atoms with Crippen LogP contribution >= 0.6 is 0 Å². The Kier molecular flexibility index (Phi) is 4.34. The van der Waals surface area contributed by atoms with E-state index < -0.39 is 0 Å². The van der Waals surface area contributed by atoms with E-state index in [0.717, 1.165) is 27.8 Å². The average Bonchev–Trinajstić information content (AvgIpc) is 2.58. The van der Waals surface area contributed by atoms with Crippen molar-refractivity contribution in [1.82, 2.24) is 0 Å². The number of rotatable bonds is 1. The molecule has 0 aliphatic carbocycles. The second-order valence-corrected chi connectivity index (χ2v) is 5.66. The van der Waals surface area contributed by atoms with Crippen LogP contribution < -0.4 is 0 Å². The minimum atomic E-state index is 0.0788. The third kappa shape index (κ3) is 3.01. The molecule has 0 bridgehead atoms. The van der Waals surface area contributed by atoms with E-state index in [1.54, 1.807) is 6.07 Å². The van der Waals surface area contributed by atoms with Gasteiger partial charge in [0.05, 0.1) is 0 Å². The Morgan fingerprint density at radius 1 is 0.792 bits per heavy atom. The zero-order valence-electron chi connectivity index (χ0n) is 13.4. The van der Waals surface area contributed by atoms with E-state index in [1.807, 2.05) is 31.2 Å². The van der Waals surface area contributed by atoms with Gasteiger partial charge < -0.3 is 15.0 Å². The highest BCUT2D eigenvalue weighted by Crippen LogP contribution is 2.34. The van der Waals surface area contributed by atoms with Crippen LogP contribution in [0.3, 0.4) is 0 Å². The van der Waals surface area contributed by atoms with Gasteiger partial charge in [-0.25, -0.2) is 0 Å². The van der Waals surface area contributed by atoms with Crippen LogP contribution in [0.15, 0.2) is 60.7 Å². The number of phenols is 2. The van der Waals surface area contributed by atoms with Gasteiger partial charge in [-0.3, -0.25) is 0 Å². The van der Waals surface area contributed by atoms with Crippen molar-refractivity contribution in [3.8, 4) is 11.5 Å². The molecule has 0 aromatic heterocycles. The second kappa shape index (κ2) is 6.59. The molecule has 0 aliphatic rings. The highest BCUT2D eigenvalue weighted by Gasteiger charge is 2.05. The Morgan fingerprint density at radius 3 is 1.92 bits per heavy atom. The zero-order chi connectivity index (χ0) is 17.1. The highest BCUT2D eigenvalue weighted by molar-refractivity contribution is 6.06. The van der Waals surface area contributed by atoms with Crippen LogP contribution in [0.1, 0.15) is 13.3 Å². The molecule has 0 atom stereocenters. The summed E-state index contributed by atoms with van der Waals surface area (Å²) in [6, 6.07) is 19.5. The molecule has 0 heterocycles. The molecule has 24 heavy (non-hydrogen) atoms. The number of benzene rings is 4. The number of carbonyl (C=O) groups is 1. The molecule has 4 aromatic rings. The minimum Gasteiger partial charge on any atom is -0.508 e. The molecule has 0 saturated carbocycles. The van der Waals surface area contributed by atoms with Crippen LogP contribution in [-0.2, 0) is 4.79 Å². The Balaban J connectivity index is 0.000000383. The van der Waals surface area contributed by atoms with Crippen LogP contribution in [0, 0.1) is 0 Å². The standard InChI is InChI=1S/C18H12O2.C3H6O/c19-16-8-15-7-13-5-11-3-1-2-4-12(11)6-14(13)9-17(15)18(20)10-16;1-2-3-4/h1-10,19-20H;3H,2H2,1H3. The van der Waals surface area contributed by atoms with E-state index in [-0.39, 0.29) is 11.5 Å². The van der Waals surface area contributed by atoms with Crippen LogP contribution in [-0.4, -0.2) is 16.5 Å². The fraction of sp³-hybridized carbons (Fsp3) is 0.0952. The molecule has 0 saturated heterocycles. The first-order chi connectivity index (χ1) is 11.6. The van der Waals surface area contributed by atoms with Gasteiger partial charge in [0.25, 0.3) is 0 Å². The predicted molar refractivity (Wildman–Crippen MR) is 98.6 cm³/mol. The van der Waals surface area contributed by atoms with Gasteiger partial charge in [0.15, 0.2) is 0 Å². The van der Waals surface area contributed by atoms with Crippen molar-refractivity contribution in [2.45, 2.75) is 13.3 Å². The molecular weight excluding hydrogens is 300 g/mol. The quantitative estimate of drug-likeness (QED) is 0.377. The maximum atomic E-state index is 9.96. The molecule has 4 rings (SSSR count). The highest BCUT2D eigenvalue weighted by atomic mass is 16.3. The van der Waals surface area contributed by atoms with Crippen LogP contribution in [0.5, 0.6) is 11.5 Å². The Morgan fingerprint density at radius 2 is 1.33 bits per heavy atom. The molecule has 3 nitrogen and oxygen atoms in total. The summed E-state index contributed by atoms with van der Waals surface area (Å²) in [5.41, 5.74) is 0. The number of hydrogen-bond donors (Lipinski definition) is 2. The van der Waals surface area contributed by atoms with Gasteiger partial charge in [0, 0.05) is 17.9 Å². The number of aromatic hydroxyl groups is 2. The SMILES string of the molecule is CCC=O.Oc1cc(O)c2cc3cc4ccccc4cc3cc2c1. The molecule has 0 unspecified atom stereocenters. The summed E-state index contributed by atoms with van der Waals surface area (Å²) >= 11 is 0. The first-order valence-corrected chi connectivity index (χ1v) is 7.84. The Bertz CT molecular complexity index is 1040. The Hall–Kier alpha value is -3.07. The maximum absolute atomic E-state index is 9.96. The zero-order valence-corrected chi connectivity index (χ0v) is 13.4. The van der Waals surface area contributed by atoms with Crippen molar-refractivity contribution in [3.05, 3.63) is 60.7 Å². The lowest BCUT2D eigenvalue weighted by atomic mass is 9.99. The maximum Gasteiger partial charge on any atom is 0.127 e. The van der Waals surface area contributed by atoms with Gasteiger partial charge in [0.2, 0.25) is 0 Å². The molecule has 0 amide bonds. The van der Waals surface area contributed by atoms with Crippen molar-refractivity contribution in [2.24, 2.45) is 0 Å². The molecule has 0 fully saturated rings. The largest absolute Gasteiger partial charge is 0.508 e. The minimum absolute atomic E-state index is 0.0788. The normalized spacial score (nSPS) is 10.5. The first-order valence-electron chi connectivity index (χ1n) is 7.84. The van der Waals surface area contributed by atoms with Gasteiger partial charge in [0.1, 0.15) is 17.8 Å². The summed E-state index contributed by atoms with van der Waals surface area (Å²) in [5, 5.41) is 25.7. The van der Waals surface area contributed by atoms with Gasteiger partial charge >= 0.3 is 0 Å². The average molecular weight is 318 g/mol. The van der Waals surface area contributed by atoms with Gasteiger partial charge in [-0.1, -0.05) is 31.2 Å². The Labute approximate surface area is 139 Å². The molecule has 120 valence electrons. The molecule has 0 spiro atoms. The molecule has 3 heteroatoms. The molecular formula is C21H18O3. The van der Waals surface area contributed by atoms with E-state index in [4.69, 9.17) is 0 Å². The van der Waals surface area contributed by atoms with E-state index >= 15 is 0 Å². The molecule has 0 radical (unpaired) electrons. The first kappa shape index (κ1) is 15.8. The summed E-state index contributed by atoms with van der Waals surface area (Å²) in [5.74, 6) is 0.185. The van der Waals surface area contributed by atoms with E-state index in [2.05, 4.69) is 24.3 Å². The van der Waals surface area contributed by atoms with Crippen molar-refractivity contribution in [2.75, 3.05) is 0 Å². The van der Waals surface area contributed by atoms with Crippen LogP contribution in [0.2, 0.25) is 0 Å². The third-order valence-corrected chi connectivity index (χ3v) is 3.90. The third-order valence-electron chi connectivity index (χ3n) is 3.90. The molecule has 2 N–H and O–H groups in total. The summed E-state index contributed by atoms with van der Waals surface area (Å²) in [4.78, 5) is 9.17. The van der Waals surface area contributed by atoms with Crippen LogP contribution in [0.4, 0.5) is 0 Å². The number of fused-ring (bicyclic) bond motifs is 3. The van der Waals surface area contributed by atoms with Gasteiger partial charge in [-0.2, -0.15) is 0 Å². The molecule has 0 aliphatic heterocycles. The topological polar surface area (TPSA) is 57.5 Å². The van der Waals surface area contributed by atoms with Crippen molar-refractivity contribution < 1.29 is 15.0 Å². The fourth-order valence-corrected chi connectivity index (χ4v) is 2.77. The lowest BCUT2D eigenvalue weighted by Gasteiger charge is -2.07. The van der Waals surface area contributed by atoms with Gasteiger partial charge in [-0.05, 0) is 57.3 Å². The summed E-state index contributed by atoms with van der Waals surface area (Å²) in [6.07, 6.45) is 1.51. The van der Waals surface area contributed by atoms with Crippen molar-refractivity contribution >= 4 is 38.6 Å². The number of carbonyl (C=O) groups excluding carboxylic acids is 1. The van der Waals surface area contributed by atoms with Crippen molar-refractivity contribution in [1.29, 1.82) is 0 Å². The van der Waals surface area contributed by atoms with E-state index in [1.165, 1.54) is 16.8 Å². The lowest BCUT2D eigenvalue weighted by Crippen LogP contribution is -1.80. The van der Waals surface area contributed by atoms with Crippen molar-refractivity contribution in [3.63, 3.8) is 0 Å². The van der Waals surface area contributed by atoms with E-state index in [0.29, 0.717) is 6.42 Å². The number of phenolic OH excluding ortho intramolecular Hbond substituents is 2. The number of aldehydes is 1. The monoisotopic (exact) mass is 318 g/mol. The fourth-order valence-electron chi connectivity index (χ4n) is 2.77. The predicted octanol–water partition coefficient (Wildman–Crippen LogP) is 5.15. The van der Waals surface area contributed by atoms with Crippen LogP contribution in [0.25, 0.3) is 32.3 Å². The summed E-state index contributed by atoms with van der Waals surface area (Å²) < 4.78 is 0. The summed E-state index contributed by atoms with van der Waals surface area (Å²) in [7, 11) is 0. The van der Waals surface area contributed by atoms with Gasteiger partial charge in [-0.15, -0.1) is 0 Å². The smallest absolute Gasteiger partial charge is 0.127 e. The second-order valence-electron chi connectivity index (χ2n) is 5.66.